The molecule has 156 valence electrons. The first-order chi connectivity index (χ1) is 13.7. The third kappa shape index (κ3) is 6.47. The van der Waals surface area contributed by atoms with Crippen molar-refractivity contribution in [3.05, 3.63) is 35.9 Å². The first kappa shape index (κ1) is 21.6. The van der Waals surface area contributed by atoms with E-state index in [1.807, 2.05) is 4.72 Å². The summed E-state index contributed by atoms with van der Waals surface area (Å²) in [6.45, 7) is -0.573. The van der Waals surface area contributed by atoms with Crippen LogP contribution in [-0.2, 0) is 10.2 Å². The van der Waals surface area contributed by atoms with Crippen LogP contribution >= 0.6 is 0 Å². The van der Waals surface area contributed by atoms with E-state index in [2.05, 4.69) is 15.3 Å². The van der Waals surface area contributed by atoms with Crippen molar-refractivity contribution in [1.29, 1.82) is 0 Å². The zero-order chi connectivity index (χ0) is 21.4. The molecule has 3 amide bonds. The van der Waals surface area contributed by atoms with Crippen molar-refractivity contribution in [1.82, 2.24) is 19.4 Å². The molecule has 0 saturated carbocycles. The topological polar surface area (TPSA) is 184 Å². The summed E-state index contributed by atoms with van der Waals surface area (Å²) in [4.78, 5) is 30.9. The summed E-state index contributed by atoms with van der Waals surface area (Å²) in [5, 5.41) is 2.13. The molecule has 0 aliphatic carbocycles. The molecule has 5 N–H and O–H groups in total. The second kappa shape index (κ2) is 9.52. The number of rotatable bonds is 9. The van der Waals surface area contributed by atoms with Crippen LogP contribution in [0.4, 0.5) is 10.7 Å². The molecule has 0 radical (unpaired) electrons. The van der Waals surface area contributed by atoms with Crippen LogP contribution in [-0.4, -0.2) is 51.3 Å². The van der Waals surface area contributed by atoms with Crippen molar-refractivity contribution in [2.75, 3.05) is 26.3 Å². The number of para-hydroxylation sites is 1. The number of amides is 3. The number of anilines is 1. The molecule has 14 heteroatoms. The van der Waals surface area contributed by atoms with E-state index >= 15 is 0 Å². The monoisotopic (exact) mass is 426 g/mol. The molecule has 2 rings (SSSR count). The number of ether oxygens (including phenoxy) is 3. The number of carbonyl (C=O) groups is 2. The Morgan fingerprint density at radius 2 is 1.72 bits per heavy atom. The second-order valence-electron chi connectivity index (χ2n) is 5.13. The van der Waals surface area contributed by atoms with Gasteiger partial charge in [-0.1, -0.05) is 12.1 Å². The lowest BCUT2D eigenvalue weighted by Crippen LogP contribution is -2.43. The summed E-state index contributed by atoms with van der Waals surface area (Å²) in [6, 6.07) is 6.21. The number of nitrogens with two attached hydrogens (primary N) is 1. The zero-order valence-corrected chi connectivity index (χ0v) is 16.1. The van der Waals surface area contributed by atoms with Crippen LogP contribution in [0.3, 0.4) is 0 Å². The summed E-state index contributed by atoms with van der Waals surface area (Å²) < 4.78 is 42.5. The van der Waals surface area contributed by atoms with Crippen LogP contribution < -0.4 is 34.7 Å². The van der Waals surface area contributed by atoms with Gasteiger partial charge in [-0.3, -0.25) is 10.1 Å². The first-order valence-electron chi connectivity index (χ1n) is 7.81. The summed E-state index contributed by atoms with van der Waals surface area (Å²) in [7, 11) is -1.62. The van der Waals surface area contributed by atoms with Gasteiger partial charge in [-0.05, 0) is 12.1 Å². The Morgan fingerprint density at radius 3 is 2.31 bits per heavy atom. The molecule has 0 atom stereocenters. The van der Waals surface area contributed by atoms with Gasteiger partial charge in [0, 0.05) is 0 Å². The third-order valence-corrected chi connectivity index (χ3v) is 4.13. The fraction of sp³-hybridized carbons (Fsp3) is 0.200. The summed E-state index contributed by atoms with van der Waals surface area (Å²) in [5.74, 6) is -0.733. The molecule has 2 aromatic rings. The molecule has 0 aliphatic rings. The predicted octanol–water partition coefficient (Wildman–Crippen LogP) is -0.415. The molecule has 0 fully saturated rings. The van der Waals surface area contributed by atoms with Crippen molar-refractivity contribution >= 4 is 28.1 Å². The maximum absolute atomic E-state index is 11.9. The molecule has 0 aliphatic heterocycles. The Morgan fingerprint density at radius 1 is 1.10 bits per heavy atom. The van der Waals surface area contributed by atoms with Gasteiger partial charge in [-0.25, -0.2) is 9.52 Å². The maximum atomic E-state index is 11.9. The van der Waals surface area contributed by atoms with Crippen LogP contribution in [0, 0.1) is 0 Å². The molecule has 29 heavy (non-hydrogen) atoms. The summed E-state index contributed by atoms with van der Waals surface area (Å²) in [6.07, 6.45) is 0. The minimum atomic E-state index is -4.31. The highest BCUT2D eigenvalue weighted by atomic mass is 32.2. The number of benzene rings is 1. The highest BCUT2D eigenvalue weighted by molar-refractivity contribution is 7.88. The normalized spacial score (nSPS) is 10.7. The maximum Gasteiger partial charge on any atom is 0.336 e. The number of nitrogens with zero attached hydrogens (tertiary/aromatic N) is 2. The molecular weight excluding hydrogens is 408 g/mol. The van der Waals surface area contributed by atoms with Crippen LogP contribution in [0.25, 0.3) is 0 Å². The van der Waals surface area contributed by atoms with Crippen LogP contribution in [0.5, 0.6) is 17.5 Å². The van der Waals surface area contributed by atoms with Crippen molar-refractivity contribution in [3.8, 4) is 17.5 Å². The molecule has 0 bridgehead atoms. The van der Waals surface area contributed by atoms with Gasteiger partial charge in [0.2, 0.25) is 17.7 Å². The summed E-state index contributed by atoms with van der Waals surface area (Å²) >= 11 is 0. The minimum absolute atomic E-state index is 0.0709. The number of urea groups is 1. The van der Waals surface area contributed by atoms with Crippen LogP contribution in [0.15, 0.2) is 30.3 Å². The minimum Gasteiger partial charge on any atom is -0.481 e. The SMILES string of the molecule is COc1cc(OC)nc(NC(=O)NS(=O)(=O)NCOc2ccccc2C(N)=O)n1. The Kier molecular flexibility index (Phi) is 7.10. The van der Waals surface area contributed by atoms with E-state index in [0.717, 1.165) is 0 Å². The molecular formula is C15H18N6O7S. The van der Waals surface area contributed by atoms with Gasteiger partial charge >= 0.3 is 16.2 Å². The Labute approximate surface area is 165 Å². The van der Waals surface area contributed by atoms with E-state index in [1.54, 1.807) is 16.9 Å². The Bertz CT molecular complexity index is 976. The van der Waals surface area contributed by atoms with Crippen LogP contribution in [0.2, 0.25) is 0 Å². The van der Waals surface area contributed by atoms with Gasteiger partial charge < -0.3 is 19.9 Å². The van der Waals surface area contributed by atoms with Crippen molar-refractivity contribution < 1.29 is 32.2 Å². The molecule has 0 saturated heterocycles. The number of hydrogen-bond donors (Lipinski definition) is 4. The highest BCUT2D eigenvalue weighted by Gasteiger charge is 2.17. The van der Waals surface area contributed by atoms with Gasteiger partial charge in [0.15, 0.2) is 6.73 Å². The van der Waals surface area contributed by atoms with Gasteiger partial charge in [0.25, 0.3) is 5.91 Å². The van der Waals surface area contributed by atoms with E-state index < -0.39 is 28.9 Å². The number of aromatic nitrogens is 2. The lowest BCUT2D eigenvalue weighted by molar-refractivity contribution is 0.0996. The summed E-state index contributed by atoms with van der Waals surface area (Å²) in [5.41, 5.74) is 5.27. The van der Waals surface area contributed by atoms with E-state index in [1.165, 1.54) is 32.4 Å². The molecule has 0 spiro atoms. The van der Waals surface area contributed by atoms with Gasteiger partial charge in [0.1, 0.15) is 5.75 Å². The molecule has 13 nitrogen and oxygen atoms in total. The number of primary amides is 1. The highest BCUT2D eigenvalue weighted by Crippen LogP contribution is 2.17. The van der Waals surface area contributed by atoms with Gasteiger partial charge in [-0.2, -0.15) is 23.1 Å². The van der Waals surface area contributed by atoms with E-state index in [0.29, 0.717) is 0 Å². The number of hydrogen-bond acceptors (Lipinski definition) is 9. The number of methoxy groups -OCH3 is 2. The van der Waals surface area contributed by atoms with Crippen LogP contribution in [0.1, 0.15) is 10.4 Å². The third-order valence-electron chi connectivity index (χ3n) is 3.18. The lowest BCUT2D eigenvalue weighted by atomic mass is 10.2. The Hall–Kier alpha value is -3.65. The fourth-order valence-electron chi connectivity index (χ4n) is 1.94. The number of carbonyl (C=O) groups excluding carboxylic acids is 2. The first-order valence-corrected chi connectivity index (χ1v) is 9.29. The van der Waals surface area contributed by atoms with E-state index in [9.17, 15) is 18.0 Å². The fourth-order valence-corrected chi connectivity index (χ4v) is 2.52. The smallest absolute Gasteiger partial charge is 0.336 e. The van der Waals surface area contributed by atoms with E-state index in [-0.39, 0.29) is 29.0 Å². The largest absolute Gasteiger partial charge is 0.481 e. The van der Waals surface area contributed by atoms with Gasteiger partial charge in [0.05, 0.1) is 25.8 Å². The average molecular weight is 426 g/mol. The number of nitrogens with one attached hydrogen (secondary N) is 3. The lowest BCUT2D eigenvalue weighted by Gasteiger charge is -2.12. The van der Waals surface area contributed by atoms with Crippen molar-refractivity contribution in [3.63, 3.8) is 0 Å². The molecule has 1 aromatic heterocycles. The zero-order valence-electron chi connectivity index (χ0n) is 15.3. The molecule has 1 heterocycles. The quantitative estimate of drug-likeness (QED) is 0.387. The van der Waals surface area contributed by atoms with Crippen molar-refractivity contribution in [2.24, 2.45) is 5.73 Å². The second-order valence-corrected chi connectivity index (χ2v) is 6.63. The van der Waals surface area contributed by atoms with E-state index in [4.69, 9.17) is 19.9 Å². The molecule has 0 unspecified atom stereocenters. The standard InChI is InChI=1S/C15H18N6O7S/c1-26-11-7-12(27-2)19-14(18-11)20-15(23)21-29(24,25)17-8-28-10-6-4-3-5-9(10)13(16)22/h3-7,17H,8H2,1-2H3,(H2,16,22)(H2,18,19,20,21,23). The Balaban J connectivity index is 1.94. The predicted molar refractivity (Wildman–Crippen MR) is 99.8 cm³/mol. The van der Waals surface area contributed by atoms with Crippen molar-refractivity contribution in [2.45, 2.75) is 0 Å². The molecule has 1 aromatic carbocycles. The average Bonchev–Trinajstić information content (AvgIpc) is 2.67. The van der Waals surface area contributed by atoms with Gasteiger partial charge in [-0.15, -0.1) is 0 Å².